The summed E-state index contributed by atoms with van der Waals surface area (Å²) in [7, 11) is 14.4. The average molecular weight is 1770 g/mol. The van der Waals surface area contributed by atoms with Crippen molar-refractivity contribution in [1.29, 1.82) is 0 Å². The number of esters is 14. The van der Waals surface area contributed by atoms with Gasteiger partial charge in [0.05, 0.1) is 95.5 Å². The van der Waals surface area contributed by atoms with Crippen LogP contribution >= 0.6 is 0 Å². The standard InChI is InChI=1S/C21H33FNO10.C21H32N2O9.C20H30NO10.C18H28NO8/c1-12(24)29-10-17-18(30-13(2)25)19(31-14(3)26)20(32-15(4)27)21(33-17)28-9-8-23(5,11-22)16-6-7-16;1-8-9-23(6,7)10-11-28-21-18(22-13(2)24)20(31-16(5)27)19(30-15(4)26)17(32-21)12-29-14(3)25;1-8-9-21(5,6)10-11-27-20-18(30-14(4)24)16(29-13(3)23)15(28-12(2)22)17(31-20)19(25)26-7;1-7-8-19(5,6)9-10-23-18-17(27-14(4)22)16(26-13(3)21)15(11-24-18)25-12(2)20/h16-21H,6-11H2,1-5H3;1,17-21H,9-12H2,2-7H3;1,15-18,20H,9-11H2,2-7H3;1,15-18H,8-11H2,2-6H3/q+1;;2*+1/p+1/t17-,18-,19+,20-,21-,23?;17-,18-,19-,20-,21-;15-,16-,17-,18+,20+;15-,16-,17+,18-/m1100/s1. The maximum Gasteiger partial charge on any atom is 0.339 e. The van der Waals surface area contributed by atoms with Crippen LogP contribution in [0.3, 0.4) is 0 Å². The zero-order valence-corrected chi connectivity index (χ0v) is 74.1. The van der Waals surface area contributed by atoms with Crippen molar-refractivity contribution >= 4 is 89.5 Å². The molecule has 0 bridgehead atoms. The molecule has 42 nitrogen and oxygen atoms in total. The van der Waals surface area contributed by atoms with Crippen LogP contribution in [0.2, 0.25) is 0 Å². The minimum atomic E-state index is -1.48. The molecule has 4 aliphatic heterocycles. The molecule has 0 radical (unpaired) electrons. The second-order valence-electron chi connectivity index (χ2n) is 31.1. The van der Waals surface area contributed by atoms with Crippen molar-refractivity contribution in [2.45, 2.75) is 232 Å². The molecule has 0 aromatic rings. The van der Waals surface area contributed by atoms with E-state index < -0.39 is 213 Å². The molecular weight excluding hydrogens is 1640 g/mol. The Morgan fingerprint density at radius 2 is 0.683 bits per heavy atom. The Hall–Kier alpha value is -9.82. The maximum atomic E-state index is 13.6. The van der Waals surface area contributed by atoms with E-state index in [1.54, 1.807) is 7.05 Å². The number of carbonyl (C=O) groups excluding carboxylic acids is 15. The maximum absolute atomic E-state index is 13.6. The van der Waals surface area contributed by atoms with E-state index in [4.69, 9.17) is 123 Å². The zero-order valence-electron chi connectivity index (χ0n) is 74.1. The van der Waals surface area contributed by atoms with Crippen LogP contribution in [-0.2, 0) is 176 Å². The van der Waals surface area contributed by atoms with E-state index in [0.717, 1.165) is 61.5 Å². The lowest BCUT2D eigenvalue weighted by Gasteiger charge is -2.45. The number of alkyl halides is 1. The molecule has 1 saturated carbocycles. The van der Waals surface area contributed by atoms with Crippen LogP contribution in [0.25, 0.3) is 0 Å². The number of amides is 1. The summed E-state index contributed by atoms with van der Waals surface area (Å²) in [6, 6.07) is -0.772. The van der Waals surface area contributed by atoms with Crippen LogP contribution in [-0.4, -0.2) is 385 Å². The normalized spacial score (nSPS) is 26.3. The number of methoxy groups -OCH3 is 1. The van der Waals surface area contributed by atoms with Gasteiger partial charge in [-0.1, -0.05) is 0 Å². The fourth-order valence-electron chi connectivity index (χ4n) is 12.5. The number of terminal acetylenes is 3. The molecule has 20 atom stereocenters. The molecule has 43 heteroatoms. The summed E-state index contributed by atoms with van der Waals surface area (Å²) in [6.45, 7) is 19.2. The summed E-state index contributed by atoms with van der Waals surface area (Å²) < 4.78 is 134. The molecule has 5 rings (SSSR count). The van der Waals surface area contributed by atoms with E-state index in [0.29, 0.717) is 59.3 Å². The lowest BCUT2D eigenvalue weighted by Crippen LogP contribution is -2.66. The number of quaternary nitrogens is 4. The summed E-state index contributed by atoms with van der Waals surface area (Å²) >= 11 is 0. The van der Waals surface area contributed by atoms with E-state index in [9.17, 15) is 76.3 Å². The Kier molecular flexibility index (Phi) is 46.8. The number of hydrogen-bond acceptors (Lipinski definition) is 37. The van der Waals surface area contributed by atoms with Gasteiger partial charge in [0.15, 0.2) is 98.4 Å². The first-order valence-corrected chi connectivity index (χ1v) is 39.0. The highest BCUT2D eigenvalue weighted by atomic mass is 19.1. The number of carbonyl (C=O) groups is 15. The first kappa shape index (κ1) is 109. The highest BCUT2D eigenvalue weighted by Crippen LogP contribution is 2.36. The van der Waals surface area contributed by atoms with Crippen LogP contribution in [0, 0.1) is 37.0 Å². The predicted molar refractivity (Wildman–Crippen MR) is 416 cm³/mol. The third-order valence-corrected chi connectivity index (χ3v) is 18.2. The SMILES string of the molecule is C#CC[N+](C)(C)CCO[C@@H]1O[C@H](C(=O)OC)[C@@H](OC(C)=O)[C@H](OC(C)=O)[C@H]1OC(C)=O.C#CC[N+](C)(C)CCO[C@@H]1O[C@H](COC(C)=O)[C@@H](OC(C)=O)[C@H](OC(C)=O)[C@H]1NC(C)=O.C#CC[N+](C)(C)CCO[C@H]1OC[C@H](OC(C)=O)[C@H](OC(C)=O)[C@H]1OC(C)=O.CC(=O)OC[C@H]1O[C@@H](OCC[N+](C)(CF)C2CC2)[C@H](OC(C)=O)[C@@H](OC(C)=O)[C@@H]1OC(C)=O. The molecule has 1 aliphatic carbocycles. The van der Waals surface area contributed by atoms with Crippen molar-refractivity contribution in [3.8, 4) is 37.0 Å². The molecule has 1 N–H and O–H groups in total. The molecule has 123 heavy (non-hydrogen) atoms. The van der Waals surface area contributed by atoms with E-state index in [1.807, 2.05) is 42.3 Å². The molecule has 0 spiro atoms. The van der Waals surface area contributed by atoms with Gasteiger partial charge in [-0.2, -0.15) is 4.39 Å². The van der Waals surface area contributed by atoms with Gasteiger partial charge in [-0.3, -0.25) is 71.6 Å². The van der Waals surface area contributed by atoms with E-state index >= 15 is 0 Å². The van der Waals surface area contributed by atoms with Gasteiger partial charge in [-0.05, 0) is 17.8 Å². The number of ether oxygens (including phenoxy) is 22. The Bertz CT molecular complexity index is 3690. The van der Waals surface area contributed by atoms with Crippen molar-refractivity contribution in [2.75, 3.05) is 155 Å². The third-order valence-electron chi connectivity index (χ3n) is 18.2. The Morgan fingerprint density at radius 1 is 0.374 bits per heavy atom. The lowest BCUT2D eigenvalue weighted by atomic mass is 9.96. The summed E-state index contributed by atoms with van der Waals surface area (Å²) in [4.78, 5) is 175. The number of nitrogens with one attached hydrogen (secondary N) is 1. The molecule has 0 aromatic carbocycles. The Labute approximate surface area is 715 Å². The number of nitrogens with zero attached hydrogens (tertiary/aromatic N) is 4. The Balaban J connectivity index is 0.000000557. The van der Waals surface area contributed by atoms with Gasteiger partial charge >= 0.3 is 83.6 Å². The van der Waals surface area contributed by atoms with E-state index in [-0.39, 0.29) is 56.8 Å². The molecule has 4 saturated heterocycles. The van der Waals surface area contributed by atoms with Crippen LogP contribution in [0.15, 0.2) is 0 Å². The van der Waals surface area contributed by atoms with Gasteiger partial charge in [0.25, 0.3) is 0 Å². The first-order chi connectivity index (χ1) is 57.3. The van der Waals surface area contributed by atoms with Gasteiger partial charge in [0.1, 0.15) is 77.3 Å². The average Bonchev–Trinajstić information content (AvgIpc) is 1.33. The predicted octanol–water partition coefficient (Wildman–Crippen LogP) is -0.740. The summed E-state index contributed by atoms with van der Waals surface area (Å²) in [5, 5.41) is 2.65. The van der Waals surface area contributed by atoms with Crippen LogP contribution < -0.4 is 5.32 Å². The van der Waals surface area contributed by atoms with Crippen molar-refractivity contribution in [3.63, 3.8) is 0 Å². The fraction of sp³-hybridized carbons (Fsp3) is 0.738. The summed E-state index contributed by atoms with van der Waals surface area (Å²) in [6.07, 6.45) is -3.48. The number of hydrogen-bond donors (Lipinski definition) is 1. The lowest BCUT2D eigenvalue weighted by molar-refractivity contribution is -0.932. The van der Waals surface area contributed by atoms with Crippen molar-refractivity contribution < 1.29 is 198 Å². The van der Waals surface area contributed by atoms with E-state index in [2.05, 4.69) is 23.1 Å². The van der Waals surface area contributed by atoms with Crippen LogP contribution in [0.1, 0.15) is 110 Å². The molecule has 0 aromatic heterocycles. The monoisotopic (exact) mass is 1770 g/mol. The van der Waals surface area contributed by atoms with Crippen molar-refractivity contribution in [3.05, 3.63) is 0 Å². The second kappa shape index (κ2) is 52.7. The fourth-order valence-corrected chi connectivity index (χ4v) is 12.5. The molecule has 5 fully saturated rings. The number of likely N-dealkylation sites (N-methyl/N-ethyl adjacent to an activating group) is 4. The van der Waals surface area contributed by atoms with Gasteiger partial charge in [-0.15, -0.1) is 19.3 Å². The zero-order chi connectivity index (χ0) is 93.6. The molecule has 1 unspecified atom stereocenters. The Morgan fingerprint density at radius 3 is 1.04 bits per heavy atom. The largest absolute Gasteiger partial charge is 0.467 e. The van der Waals surface area contributed by atoms with Crippen molar-refractivity contribution in [2.24, 2.45) is 0 Å². The van der Waals surface area contributed by atoms with Crippen LogP contribution in [0.5, 0.6) is 0 Å². The smallest absolute Gasteiger partial charge is 0.339 e. The minimum absolute atomic E-state index is 0.0463. The highest BCUT2D eigenvalue weighted by Gasteiger charge is 2.58. The molecular formula is C80H124FN5O37+4. The third kappa shape index (κ3) is 40.6. The topological polar surface area (TPSA) is 471 Å². The van der Waals surface area contributed by atoms with Gasteiger partial charge < -0.3 is 123 Å². The van der Waals surface area contributed by atoms with Gasteiger partial charge in [0.2, 0.25) is 12.7 Å². The second-order valence-corrected chi connectivity index (χ2v) is 31.1. The van der Waals surface area contributed by atoms with Gasteiger partial charge in [-0.25, -0.2) is 4.79 Å². The summed E-state index contributed by atoms with van der Waals surface area (Å²) in [5.74, 6) is -2.28. The van der Waals surface area contributed by atoms with E-state index in [1.165, 1.54) is 55.4 Å². The molecule has 694 valence electrons. The quantitative estimate of drug-likeness (QED) is 0.0261. The molecule has 1 amide bonds. The van der Waals surface area contributed by atoms with Crippen molar-refractivity contribution in [1.82, 2.24) is 5.32 Å². The molecule has 5 aliphatic rings. The first-order valence-electron chi connectivity index (χ1n) is 39.0. The van der Waals surface area contributed by atoms with Gasteiger partial charge in [0, 0.05) is 110 Å². The molecule has 4 heterocycles. The minimum Gasteiger partial charge on any atom is -0.467 e. The summed E-state index contributed by atoms with van der Waals surface area (Å²) in [5.41, 5.74) is 0. The van der Waals surface area contributed by atoms with Crippen LogP contribution in [0.4, 0.5) is 4.39 Å². The number of halogens is 1. The number of rotatable bonds is 38. The highest BCUT2D eigenvalue weighted by molar-refractivity contribution is 5.78.